The van der Waals surface area contributed by atoms with Crippen LogP contribution in [-0.4, -0.2) is 6.36 Å². The van der Waals surface area contributed by atoms with Gasteiger partial charge in [0.2, 0.25) is 0 Å². The molecule has 5 heteroatoms. The highest BCUT2D eigenvalue weighted by Gasteiger charge is 2.48. The second-order valence-corrected chi connectivity index (χ2v) is 17.5. The molecule has 334 valence electrons. The van der Waals surface area contributed by atoms with Gasteiger partial charge in [-0.25, -0.2) is 0 Å². The minimum absolute atomic E-state index is 0.264. The molecule has 11 rings (SSSR count). The van der Waals surface area contributed by atoms with Crippen molar-refractivity contribution >= 4 is 17.1 Å². The Kier molecular flexibility index (Phi) is 10.9. The first-order chi connectivity index (χ1) is 33.7. The SMILES string of the molecule is C=C(/C=C\C=C/C)C1(c2ccccc2)c2ccccc2-c2ccc(N(c3ccc(-c4ccc(OC(F)(F)F)cc4)cc3)c3ccc4c(c3)C(c3ccccc3)(c3ccccc3)c3ccccc3-4)cc21. The molecule has 9 aromatic carbocycles. The second-order valence-electron chi connectivity index (χ2n) is 17.5. The van der Waals surface area contributed by atoms with Crippen LogP contribution in [0.1, 0.15) is 45.9 Å². The van der Waals surface area contributed by atoms with E-state index in [-0.39, 0.29) is 5.75 Å². The average Bonchev–Trinajstić information content (AvgIpc) is 3.85. The number of benzene rings is 9. The molecule has 0 radical (unpaired) electrons. The Morgan fingerprint density at radius 2 is 0.913 bits per heavy atom. The molecular weight excluding hydrogens is 856 g/mol. The Balaban J connectivity index is 1.15. The molecule has 0 spiro atoms. The van der Waals surface area contributed by atoms with Gasteiger partial charge in [-0.3, -0.25) is 0 Å². The van der Waals surface area contributed by atoms with Gasteiger partial charge in [0.1, 0.15) is 5.75 Å². The van der Waals surface area contributed by atoms with Gasteiger partial charge in [-0.15, -0.1) is 13.2 Å². The third-order valence-corrected chi connectivity index (χ3v) is 13.8. The van der Waals surface area contributed by atoms with Crippen molar-refractivity contribution < 1.29 is 17.9 Å². The van der Waals surface area contributed by atoms with E-state index in [2.05, 4.69) is 210 Å². The smallest absolute Gasteiger partial charge is 0.406 e. The lowest BCUT2D eigenvalue weighted by Gasteiger charge is -2.36. The predicted molar refractivity (Wildman–Crippen MR) is 275 cm³/mol. The number of nitrogens with zero attached hydrogens (tertiary/aromatic N) is 1. The van der Waals surface area contributed by atoms with Crippen LogP contribution in [0.5, 0.6) is 5.75 Å². The number of alkyl halides is 3. The maximum Gasteiger partial charge on any atom is 0.573 e. The third-order valence-electron chi connectivity index (χ3n) is 13.8. The second kappa shape index (κ2) is 17.3. The maximum atomic E-state index is 13.1. The van der Waals surface area contributed by atoms with Crippen molar-refractivity contribution in [2.75, 3.05) is 4.90 Å². The molecule has 0 saturated carbocycles. The third kappa shape index (κ3) is 7.21. The molecule has 0 heterocycles. The summed E-state index contributed by atoms with van der Waals surface area (Å²) >= 11 is 0. The molecule has 2 nitrogen and oxygen atoms in total. The molecule has 2 aliphatic carbocycles. The van der Waals surface area contributed by atoms with E-state index in [0.717, 1.165) is 56.0 Å². The lowest BCUT2D eigenvalue weighted by molar-refractivity contribution is -0.274. The molecule has 1 atom stereocenters. The zero-order valence-electron chi connectivity index (χ0n) is 37.9. The zero-order chi connectivity index (χ0) is 47.2. The molecule has 69 heavy (non-hydrogen) atoms. The molecule has 0 fully saturated rings. The van der Waals surface area contributed by atoms with Crippen molar-refractivity contribution in [3.8, 4) is 39.1 Å². The molecule has 0 aromatic heterocycles. The van der Waals surface area contributed by atoms with Gasteiger partial charge in [0.15, 0.2) is 0 Å². The van der Waals surface area contributed by atoms with E-state index in [1.807, 2.05) is 31.2 Å². The maximum absolute atomic E-state index is 13.1. The minimum Gasteiger partial charge on any atom is -0.406 e. The van der Waals surface area contributed by atoms with E-state index in [1.165, 1.54) is 51.1 Å². The first-order valence-corrected chi connectivity index (χ1v) is 23.1. The van der Waals surface area contributed by atoms with Crippen molar-refractivity contribution in [3.05, 3.63) is 300 Å². The van der Waals surface area contributed by atoms with Gasteiger partial charge in [0, 0.05) is 17.1 Å². The van der Waals surface area contributed by atoms with Crippen molar-refractivity contribution in [3.63, 3.8) is 0 Å². The topological polar surface area (TPSA) is 12.5 Å². The minimum atomic E-state index is -4.77. The molecular formula is C64H46F3NO. The fourth-order valence-corrected chi connectivity index (χ4v) is 11.0. The molecule has 1 unspecified atom stereocenters. The highest BCUT2D eigenvalue weighted by Crippen LogP contribution is 2.59. The quantitative estimate of drug-likeness (QED) is 0.120. The van der Waals surface area contributed by atoms with Crippen LogP contribution in [0, 0.1) is 0 Å². The summed E-state index contributed by atoms with van der Waals surface area (Å²) in [6.07, 6.45) is 3.49. The summed E-state index contributed by atoms with van der Waals surface area (Å²) < 4.78 is 43.4. The Bertz CT molecular complexity index is 3370. The number of rotatable bonds is 11. The van der Waals surface area contributed by atoms with Gasteiger partial charge in [-0.05, 0) is 133 Å². The Hall–Kier alpha value is -8.41. The summed E-state index contributed by atoms with van der Waals surface area (Å²) in [5.74, 6) is -0.264. The van der Waals surface area contributed by atoms with Crippen LogP contribution in [0.2, 0.25) is 0 Å². The van der Waals surface area contributed by atoms with E-state index >= 15 is 0 Å². The van der Waals surface area contributed by atoms with Crippen molar-refractivity contribution in [2.45, 2.75) is 24.1 Å². The summed E-state index contributed by atoms with van der Waals surface area (Å²) in [5, 5.41) is 0. The summed E-state index contributed by atoms with van der Waals surface area (Å²) in [6, 6.07) is 77.6. The molecule has 0 saturated heterocycles. The first kappa shape index (κ1) is 43.2. The van der Waals surface area contributed by atoms with E-state index in [0.29, 0.717) is 0 Å². The van der Waals surface area contributed by atoms with Crippen molar-refractivity contribution in [2.24, 2.45) is 0 Å². The first-order valence-electron chi connectivity index (χ1n) is 23.1. The van der Waals surface area contributed by atoms with E-state index in [4.69, 9.17) is 6.58 Å². The number of fused-ring (bicyclic) bond motifs is 6. The fraction of sp³-hybridized carbons (Fsp3) is 0.0625. The number of hydrogen-bond acceptors (Lipinski definition) is 2. The lowest BCUT2D eigenvalue weighted by Crippen LogP contribution is -2.29. The van der Waals surface area contributed by atoms with E-state index in [9.17, 15) is 13.2 Å². The summed E-state index contributed by atoms with van der Waals surface area (Å²) in [7, 11) is 0. The van der Waals surface area contributed by atoms with E-state index in [1.54, 1.807) is 12.1 Å². The van der Waals surface area contributed by atoms with Crippen LogP contribution >= 0.6 is 0 Å². The van der Waals surface area contributed by atoms with E-state index < -0.39 is 17.2 Å². The fourth-order valence-electron chi connectivity index (χ4n) is 11.0. The van der Waals surface area contributed by atoms with Crippen LogP contribution in [0.4, 0.5) is 30.2 Å². The van der Waals surface area contributed by atoms with Crippen LogP contribution < -0.4 is 9.64 Å². The number of halogens is 3. The molecule has 2 aliphatic rings. The normalized spacial score (nSPS) is 15.4. The zero-order valence-corrected chi connectivity index (χ0v) is 37.9. The molecule has 0 amide bonds. The van der Waals surface area contributed by atoms with Gasteiger partial charge < -0.3 is 9.64 Å². The summed E-state index contributed by atoms with van der Waals surface area (Å²) in [4.78, 5) is 2.32. The van der Waals surface area contributed by atoms with Crippen molar-refractivity contribution in [1.82, 2.24) is 0 Å². The van der Waals surface area contributed by atoms with Crippen molar-refractivity contribution in [1.29, 1.82) is 0 Å². The summed E-state index contributed by atoms with van der Waals surface area (Å²) in [5.41, 5.74) is 16.9. The van der Waals surface area contributed by atoms with Crippen LogP contribution in [-0.2, 0) is 10.8 Å². The Morgan fingerprint density at radius 3 is 1.48 bits per heavy atom. The van der Waals surface area contributed by atoms with Gasteiger partial charge in [-0.1, -0.05) is 207 Å². The Labute approximate surface area is 401 Å². The standard InChI is InChI=1S/C64H46F3NO/c1-3-4-8-19-44(2)62(47-20-9-5-10-21-47)58-28-17-15-26-54(58)56-40-36-51(42-60(56)62)68(50-34-30-45(31-35-50)46-32-38-53(39-33-46)69-64(65,66)67)52-37-41-57-55-27-16-18-29-59(55)63(61(57)43-52,48-22-11-6-12-23-48)49-24-13-7-14-25-49/h3-43H,2H2,1H3/b4-3-,19-8-. The van der Waals surface area contributed by atoms with Gasteiger partial charge >= 0.3 is 6.36 Å². The molecule has 0 aliphatic heterocycles. The number of allylic oxidation sites excluding steroid dienone is 5. The Morgan fingerprint density at radius 1 is 0.464 bits per heavy atom. The highest BCUT2D eigenvalue weighted by molar-refractivity contribution is 5.92. The average molecular weight is 902 g/mol. The predicted octanol–water partition coefficient (Wildman–Crippen LogP) is 17.1. The van der Waals surface area contributed by atoms with Crippen LogP contribution in [0.3, 0.4) is 0 Å². The molecule has 0 bridgehead atoms. The number of hydrogen-bond donors (Lipinski definition) is 0. The number of ether oxygens (including phenoxy) is 1. The monoisotopic (exact) mass is 901 g/mol. The largest absolute Gasteiger partial charge is 0.573 e. The highest BCUT2D eigenvalue weighted by atomic mass is 19.4. The van der Waals surface area contributed by atoms with Gasteiger partial charge in [0.05, 0.1) is 10.8 Å². The molecule has 0 N–H and O–H groups in total. The van der Waals surface area contributed by atoms with Gasteiger partial charge in [0.25, 0.3) is 0 Å². The van der Waals surface area contributed by atoms with Gasteiger partial charge in [-0.2, -0.15) is 0 Å². The summed E-state index contributed by atoms with van der Waals surface area (Å²) in [6.45, 7) is 6.85. The van der Waals surface area contributed by atoms with Crippen LogP contribution in [0.15, 0.2) is 261 Å². The molecule has 9 aromatic rings. The van der Waals surface area contributed by atoms with Crippen LogP contribution in [0.25, 0.3) is 33.4 Å². The lowest BCUT2D eigenvalue weighted by atomic mass is 9.67. The number of anilines is 3.